The molecule has 0 amide bonds. The van der Waals surface area contributed by atoms with Gasteiger partial charge in [0.05, 0.1) is 0 Å². The third-order valence-electron chi connectivity index (χ3n) is 0.715. The second-order valence-corrected chi connectivity index (χ2v) is 1.37. The van der Waals surface area contributed by atoms with Gasteiger partial charge in [-0.15, -0.1) is 0 Å². The molecule has 0 bridgehead atoms. The fourth-order valence-corrected chi connectivity index (χ4v) is 0.292. The first-order chi connectivity index (χ1) is 3.63. The van der Waals surface area contributed by atoms with Crippen LogP contribution in [0.5, 0.6) is 0 Å². The predicted molar refractivity (Wildman–Crippen MR) is 20.5 cm³/mol. The lowest BCUT2D eigenvalue weighted by molar-refractivity contribution is -0.179. The number of rotatable bonds is 0. The van der Waals surface area contributed by atoms with Crippen LogP contribution in [0.4, 0.5) is 8.78 Å². The van der Waals surface area contributed by atoms with Gasteiger partial charge in [-0.3, -0.25) is 0 Å². The number of aliphatic hydroxyl groups is 1. The van der Waals surface area contributed by atoms with Crippen LogP contribution in [0.25, 0.3) is 0 Å². The van der Waals surface area contributed by atoms with Crippen LogP contribution >= 0.6 is 0 Å². The van der Waals surface area contributed by atoms with Gasteiger partial charge >= 0.3 is 5.92 Å². The topological polar surface area (TPSA) is 41.8 Å². The summed E-state index contributed by atoms with van der Waals surface area (Å²) in [6.07, 6.45) is -1.83. The SMILES string of the molecule is OC1ON=CC1(F)F. The molecule has 0 aromatic carbocycles. The molecule has 0 fully saturated rings. The molecule has 0 aliphatic carbocycles. The normalized spacial score (nSPS) is 32.6. The highest BCUT2D eigenvalue weighted by Gasteiger charge is 2.43. The predicted octanol–water partition coefficient (Wildman–Crippen LogP) is -0.0439. The van der Waals surface area contributed by atoms with E-state index in [1.54, 1.807) is 0 Å². The molecule has 0 aromatic rings. The van der Waals surface area contributed by atoms with E-state index in [9.17, 15) is 8.78 Å². The molecule has 1 rings (SSSR count). The zero-order valence-corrected chi connectivity index (χ0v) is 3.71. The van der Waals surface area contributed by atoms with Gasteiger partial charge in [-0.05, 0) is 0 Å². The van der Waals surface area contributed by atoms with E-state index in [1.807, 2.05) is 0 Å². The maximum absolute atomic E-state index is 11.8. The lowest BCUT2D eigenvalue weighted by atomic mass is 10.4. The standard InChI is InChI=1S/C3H3F2NO2/c4-3(5)1-6-8-2(3)7/h1-2,7H. The van der Waals surface area contributed by atoms with E-state index >= 15 is 0 Å². The second kappa shape index (κ2) is 1.38. The van der Waals surface area contributed by atoms with Gasteiger partial charge in [0, 0.05) is 0 Å². The van der Waals surface area contributed by atoms with Crippen LogP contribution < -0.4 is 0 Å². The van der Waals surface area contributed by atoms with E-state index in [1.165, 1.54) is 0 Å². The first-order valence-electron chi connectivity index (χ1n) is 1.89. The van der Waals surface area contributed by atoms with Crippen molar-refractivity contribution in [3.63, 3.8) is 0 Å². The van der Waals surface area contributed by atoms with Crippen LogP contribution in [0.2, 0.25) is 0 Å². The summed E-state index contributed by atoms with van der Waals surface area (Å²) in [6.45, 7) is 0. The number of hydrogen-bond acceptors (Lipinski definition) is 3. The molecule has 0 aromatic heterocycles. The highest BCUT2D eigenvalue weighted by Crippen LogP contribution is 2.21. The Bertz CT molecular complexity index is 124. The third kappa shape index (κ3) is 0.645. The number of aliphatic hydroxyl groups excluding tert-OH is 1. The van der Waals surface area contributed by atoms with E-state index in [0.29, 0.717) is 0 Å². The van der Waals surface area contributed by atoms with Crippen molar-refractivity contribution in [2.45, 2.75) is 12.2 Å². The fourth-order valence-electron chi connectivity index (χ4n) is 0.292. The van der Waals surface area contributed by atoms with Gasteiger partial charge in [0.15, 0.2) is 0 Å². The van der Waals surface area contributed by atoms with Gasteiger partial charge in [0.1, 0.15) is 6.21 Å². The number of oxime groups is 1. The molecule has 1 aliphatic rings. The highest BCUT2D eigenvalue weighted by molar-refractivity contribution is 5.67. The molecule has 1 aliphatic heterocycles. The summed E-state index contributed by atoms with van der Waals surface area (Å²) < 4.78 is 23.6. The Morgan fingerprint density at radius 1 is 1.75 bits per heavy atom. The van der Waals surface area contributed by atoms with Crippen LogP contribution in [-0.4, -0.2) is 23.5 Å². The maximum Gasteiger partial charge on any atom is 0.349 e. The summed E-state index contributed by atoms with van der Waals surface area (Å²) in [7, 11) is 0. The Kier molecular flexibility index (Phi) is 0.937. The summed E-state index contributed by atoms with van der Waals surface area (Å²) in [6, 6.07) is 0. The Morgan fingerprint density at radius 3 is 2.50 bits per heavy atom. The summed E-state index contributed by atoms with van der Waals surface area (Å²) in [4.78, 5) is 3.74. The molecule has 46 valence electrons. The molecular formula is C3H3F2NO2. The van der Waals surface area contributed by atoms with E-state index in [-0.39, 0.29) is 6.21 Å². The van der Waals surface area contributed by atoms with Crippen molar-refractivity contribution in [3.05, 3.63) is 0 Å². The second-order valence-electron chi connectivity index (χ2n) is 1.37. The van der Waals surface area contributed by atoms with Gasteiger partial charge in [0.2, 0.25) is 0 Å². The summed E-state index contributed by atoms with van der Waals surface area (Å²) in [5.41, 5.74) is 0. The molecule has 0 saturated heterocycles. The van der Waals surface area contributed by atoms with E-state index in [4.69, 9.17) is 5.11 Å². The van der Waals surface area contributed by atoms with E-state index in [0.717, 1.165) is 0 Å². The molecule has 3 nitrogen and oxygen atoms in total. The van der Waals surface area contributed by atoms with Crippen molar-refractivity contribution in [1.29, 1.82) is 0 Å². The number of alkyl halides is 2. The van der Waals surface area contributed by atoms with Gasteiger partial charge < -0.3 is 9.94 Å². The molecule has 5 heteroatoms. The third-order valence-corrected chi connectivity index (χ3v) is 0.715. The largest absolute Gasteiger partial charge is 0.357 e. The summed E-state index contributed by atoms with van der Waals surface area (Å²) in [5.74, 6) is -3.31. The van der Waals surface area contributed by atoms with Gasteiger partial charge in [0.25, 0.3) is 6.29 Å². The average Bonchev–Trinajstić information content (AvgIpc) is 1.86. The molecule has 1 unspecified atom stereocenters. The van der Waals surface area contributed by atoms with E-state index in [2.05, 4.69) is 9.99 Å². The van der Waals surface area contributed by atoms with Crippen LogP contribution in [0.3, 0.4) is 0 Å². The molecule has 0 radical (unpaired) electrons. The first-order valence-corrected chi connectivity index (χ1v) is 1.89. The zero-order valence-electron chi connectivity index (χ0n) is 3.71. The van der Waals surface area contributed by atoms with Crippen LogP contribution in [0, 0.1) is 0 Å². The van der Waals surface area contributed by atoms with Crippen molar-refractivity contribution < 1.29 is 18.7 Å². The maximum atomic E-state index is 11.8. The first kappa shape index (κ1) is 5.43. The van der Waals surface area contributed by atoms with Crippen LogP contribution in [0.1, 0.15) is 0 Å². The van der Waals surface area contributed by atoms with Crippen molar-refractivity contribution in [3.8, 4) is 0 Å². The minimum absolute atomic E-state index is 0.262. The van der Waals surface area contributed by atoms with Crippen LogP contribution in [-0.2, 0) is 4.84 Å². The van der Waals surface area contributed by atoms with Crippen molar-refractivity contribution in [1.82, 2.24) is 0 Å². The van der Waals surface area contributed by atoms with Crippen molar-refractivity contribution in [2.24, 2.45) is 5.16 Å². The van der Waals surface area contributed by atoms with Crippen LogP contribution in [0.15, 0.2) is 5.16 Å². The molecular weight excluding hydrogens is 120 g/mol. The lowest BCUT2D eigenvalue weighted by Gasteiger charge is -2.06. The van der Waals surface area contributed by atoms with Crippen molar-refractivity contribution >= 4 is 6.21 Å². The summed E-state index contributed by atoms with van der Waals surface area (Å²) in [5, 5.41) is 10.9. The Hall–Kier alpha value is -0.710. The molecule has 1 heterocycles. The smallest absolute Gasteiger partial charge is 0.349 e. The quantitative estimate of drug-likeness (QED) is 0.491. The molecule has 1 atom stereocenters. The number of halogens is 2. The molecule has 1 N–H and O–H groups in total. The monoisotopic (exact) mass is 123 g/mol. The fraction of sp³-hybridized carbons (Fsp3) is 0.667. The number of nitrogens with zero attached hydrogens (tertiary/aromatic N) is 1. The van der Waals surface area contributed by atoms with Gasteiger partial charge in [-0.25, -0.2) is 0 Å². The molecule has 8 heavy (non-hydrogen) atoms. The lowest BCUT2D eigenvalue weighted by Crippen LogP contribution is -2.30. The minimum atomic E-state index is -3.31. The average molecular weight is 123 g/mol. The Balaban J connectivity index is 2.67. The highest BCUT2D eigenvalue weighted by atomic mass is 19.3. The van der Waals surface area contributed by atoms with Crippen molar-refractivity contribution in [2.75, 3.05) is 0 Å². The van der Waals surface area contributed by atoms with E-state index < -0.39 is 12.2 Å². The molecule has 0 spiro atoms. The Labute approximate surface area is 43.6 Å². The summed E-state index contributed by atoms with van der Waals surface area (Å²) >= 11 is 0. The number of hydrogen-bond donors (Lipinski definition) is 1. The van der Waals surface area contributed by atoms with Gasteiger partial charge in [-0.1, -0.05) is 5.16 Å². The molecule has 0 saturated carbocycles. The van der Waals surface area contributed by atoms with Gasteiger partial charge in [-0.2, -0.15) is 8.78 Å². The Morgan fingerprint density at radius 2 is 2.38 bits per heavy atom. The minimum Gasteiger partial charge on any atom is -0.357 e. The zero-order chi connectivity index (χ0) is 6.20.